The van der Waals surface area contributed by atoms with Gasteiger partial charge in [0.2, 0.25) is 0 Å². The van der Waals surface area contributed by atoms with E-state index in [0.717, 1.165) is 0 Å². The van der Waals surface area contributed by atoms with E-state index in [1.165, 1.54) is 0 Å². The molecule has 1 rings (SSSR count). The van der Waals surface area contributed by atoms with Crippen molar-refractivity contribution in [3.05, 3.63) is 0 Å². The molecule has 1 fully saturated rings. The molecule has 0 radical (unpaired) electrons. The molecular formula is C14H26Cl3NO5Si. The monoisotopic (exact) mass is 421 g/mol. The molecule has 1 amide bonds. The van der Waals surface area contributed by atoms with Gasteiger partial charge in [-0.2, -0.15) is 0 Å². The molecule has 6 nitrogen and oxygen atoms in total. The SMILES string of the molecule is CC(C)(C)[Si](C)(C)OC[C@H]1OC[C@H](NC(=O)C(Cl)(Cl)Cl)[C@H](O)[C@@H]1O. The van der Waals surface area contributed by atoms with Gasteiger partial charge in [0, 0.05) is 0 Å². The summed E-state index contributed by atoms with van der Waals surface area (Å²) in [7, 11) is -2.00. The smallest absolute Gasteiger partial charge is 0.272 e. The van der Waals surface area contributed by atoms with Gasteiger partial charge in [0.1, 0.15) is 18.3 Å². The molecule has 1 aliphatic rings. The zero-order valence-electron chi connectivity index (χ0n) is 14.5. The van der Waals surface area contributed by atoms with Crippen LogP contribution < -0.4 is 5.32 Å². The van der Waals surface area contributed by atoms with Gasteiger partial charge in [-0.15, -0.1) is 0 Å². The first-order chi connectivity index (χ1) is 10.7. The lowest BCUT2D eigenvalue weighted by molar-refractivity contribution is -0.163. The summed E-state index contributed by atoms with van der Waals surface area (Å²) < 4.78 is 9.41. The quantitative estimate of drug-likeness (QED) is 0.476. The van der Waals surface area contributed by atoms with Crippen molar-refractivity contribution in [3.63, 3.8) is 0 Å². The molecule has 3 N–H and O–H groups in total. The fourth-order valence-electron chi connectivity index (χ4n) is 1.91. The summed E-state index contributed by atoms with van der Waals surface area (Å²) in [4.78, 5) is 11.7. The lowest BCUT2D eigenvalue weighted by atomic mass is 9.98. The lowest BCUT2D eigenvalue weighted by Crippen LogP contribution is -2.61. The highest BCUT2D eigenvalue weighted by Gasteiger charge is 2.44. The Morgan fingerprint density at radius 2 is 1.79 bits per heavy atom. The summed E-state index contributed by atoms with van der Waals surface area (Å²) in [5.41, 5.74) is 0. The van der Waals surface area contributed by atoms with Crippen LogP contribution >= 0.6 is 34.8 Å². The first kappa shape index (κ1) is 22.4. The Kier molecular flexibility index (Phi) is 7.44. The molecule has 0 aromatic heterocycles. The Bertz CT molecular complexity index is 453. The van der Waals surface area contributed by atoms with Crippen LogP contribution in [0, 0.1) is 0 Å². The van der Waals surface area contributed by atoms with Crippen LogP contribution in [0.3, 0.4) is 0 Å². The third kappa shape index (κ3) is 5.70. The van der Waals surface area contributed by atoms with Gasteiger partial charge in [0.15, 0.2) is 8.32 Å². The Morgan fingerprint density at radius 3 is 2.25 bits per heavy atom. The third-order valence-electron chi connectivity index (χ3n) is 4.62. The molecule has 0 unspecified atom stereocenters. The van der Waals surface area contributed by atoms with Crippen LogP contribution in [0.1, 0.15) is 20.8 Å². The summed E-state index contributed by atoms with van der Waals surface area (Å²) >= 11 is 16.4. The number of hydrogen-bond acceptors (Lipinski definition) is 5. The Balaban J connectivity index is 2.62. The minimum absolute atomic E-state index is 0.0176. The van der Waals surface area contributed by atoms with E-state index in [4.69, 9.17) is 44.0 Å². The molecule has 10 heteroatoms. The highest BCUT2D eigenvalue weighted by molar-refractivity contribution is 6.76. The second-order valence-electron chi connectivity index (χ2n) is 7.50. The summed E-state index contributed by atoms with van der Waals surface area (Å²) in [6.45, 7) is 10.6. The van der Waals surface area contributed by atoms with Crippen LogP contribution in [0.5, 0.6) is 0 Å². The first-order valence-electron chi connectivity index (χ1n) is 7.66. The highest BCUT2D eigenvalue weighted by Crippen LogP contribution is 2.37. The Labute approximate surface area is 158 Å². The fourth-order valence-corrected chi connectivity index (χ4v) is 3.09. The summed E-state index contributed by atoms with van der Waals surface area (Å²) in [5, 5.41) is 22.8. The van der Waals surface area contributed by atoms with E-state index in [1.54, 1.807) is 0 Å². The van der Waals surface area contributed by atoms with Gasteiger partial charge in [0.25, 0.3) is 9.70 Å². The van der Waals surface area contributed by atoms with E-state index in [9.17, 15) is 15.0 Å². The van der Waals surface area contributed by atoms with Crippen molar-refractivity contribution >= 4 is 49.0 Å². The van der Waals surface area contributed by atoms with Crippen molar-refractivity contribution in [2.24, 2.45) is 0 Å². The van der Waals surface area contributed by atoms with E-state index in [1.807, 2.05) is 0 Å². The molecule has 0 aromatic carbocycles. The summed E-state index contributed by atoms with van der Waals surface area (Å²) in [6, 6.07) is -0.868. The highest BCUT2D eigenvalue weighted by atomic mass is 35.6. The zero-order chi connectivity index (χ0) is 18.9. The van der Waals surface area contributed by atoms with E-state index in [-0.39, 0.29) is 18.3 Å². The zero-order valence-corrected chi connectivity index (χ0v) is 17.7. The number of hydrogen-bond donors (Lipinski definition) is 3. The third-order valence-corrected chi connectivity index (χ3v) is 9.64. The van der Waals surface area contributed by atoms with Crippen LogP contribution in [0.15, 0.2) is 0 Å². The standard InChI is InChI=1S/C14H26Cl3NO5Si/c1-13(2,3)24(4,5)23-7-9-11(20)10(19)8(6-22-9)18-12(21)14(15,16)17/h8-11,19-20H,6-7H2,1-5H3,(H,18,21)/t8-,9+,10-,11+/m0/s1. The number of nitrogens with one attached hydrogen (secondary N) is 1. The number of halogens is 3. The molecule has 0 spiro atoms. The molecular weight excluding hydrogens is 397 g/mol. The Morgan fingerprint density at radius 1 is 1.25 bits per heavy atom. The van der Waals surface area contributed by atoms with Gasteiger partial charge in [-0.1, -0.05) is 55.6 Å². The second-order valence-corrected chi connectivity index (χ2v) is 14.6. The molecule has 1 aliphatic heterocycles. The van der Waals surface area contributed by atoms with Gasteiger partial charge >= 0.3 is 0 Å². The van der Waals surface area contributed by atoms with Crippen LogP contribution in [0.2, 0.25) is 18.1 Å². The minimum atomic E-state index is -2.15. The largest absolute Gasteiger partial charge is 0.414 e. The van der Waals surface area contributed by atoms with E-state index in [0.29, 0.717) is 0 Å². The molecule has 24 heavy (non-hydrogen) atoms. The van der Waals surface area contributed by atoms with Gasteiger partial charge in [-0.25, -0.2) is 0 Å². The van der Waals surface area contributed by atoms with Crippen LogP contribution in [-0.4, -0.2) is 65.8 Å². The van der Waals surface area contributed by atoms with Gasteiger partial charge in [0.05, 0.1) is 19.3 Å². The fraction of sp³-hybridized carbons (Fsp3) is 0.929. The van der Waals surface area contributed by atoms with Gasteiger partial charge in [-0.3, -0.25) is 4.79 Å². The number of ether oxygens (including phenoxy) is 1. The van der Waals surface area contributed by atoms with E-state index >= 15 is 0 Å². The molecule has 1 heterocycles. The molecule has 0 bridgehead atoms. The van der Waals surface area contributed by atoms with Crippen LogP contribution in [0.4, 0.5) is 0 Å². The van der Waals surface area contributed by atoms with Crippen molar-refractivity contribution < 1.29 is 24.2 Å². The van der Waals surface area contributed by atoms with Crippen molar-refractivity contribution in [1.29, 1.82) is 0 Å². The van der Waals surface area contributed by atoms with Crippen molar-refractivity contribution in [2.75, 3.05) is 13.2 Å². The molecule has 0 aromatic rings. The molecule has 0 saturated carbocycles. The van der Waals surface area contributed by atoms with Crippen LogP contribution in [0.25, 0.3) is 0 Å². The number of rotatable bonds is 4. The van der Waals surface area contributed by atoms with Crippen LogP contribution in [-0.2, 0) is 14.0 Å². The molecule has 0 aliphatic carbocycles. The van der Waals surface area contributed by atoms with E-state index in [2.05, 4.69) is 39.2 Å². The maximum atomic E-state index is 11.7. The lowest BCUT2D eigenvalue weighted by Gasteiger charge is -2.41. The van der Waals surface area contributed by atoms with Gasteiger partial charge in [-0.05, 0) is 18.1 Å². The van der Waals surface area contributed by atoms with Crippen molar-refractivity contribution in [1.82, 2.24) is 5.32 Å². The number of carbonyl (C=O) groups excluding carboxylic acids is 1. The predicted octanol–water partition coefficient (Wildman–Crippen LogP) is 1.98. The maximum Gasteiger partial charge on any atom is 0.272 e. The van der Waals surface area contributed by atoms with Gasteiger partial charge < -0.3 is 24.7 Å². The molecule has 142 valence electrons. The Hall–Kier alpha value is 0.397. The maximum absolute atomic E-state index is 11.7. The molecule has 4 atom stereocenters. The predicted molar refractivity (Wildman–Crippen MR) is 97.1 cm³/mol. The molecule has 1 saturated heterocycles. The summed E-state index contributed by atoms with van der Waals surface area (Å²) in [5.74, 6) is -0.886. The summed E-state index contributed by atoms with van der Waals surface area (Å²) in [6.07, 6.45) is -3.15. The van der Waals surface area contributed by atoms with Crippen molar-refractivity contribution in [3.8, 4) is 0 Å². The number of amides is 1. The average molecular weight is 423 g/mol. The van der Waals surface area contributed by atoms with Crippen molar-refractivity contribution in [2.45, 2.75) is 67.0 Å². The number of alkyl halides is 3. The average Bonchev–Trinajstić information content (AvgIpc) is 2.40. The topological polar surface area (TPSA) is 88.0 Å². The minimum Gasteiger partial charge on any atom is -0.414 e. The van der Waals surface area contributed by atoms with E-state index < -0.39 is 42.4 Å². The number of aliphatic hydroxyl groups is 2. The normalized spacial score (nSPS) is 29.4. The number of aliphatic hydroxyl groups excluding tert-OH is 2. The first-order valence-corrected chi connectivity index (χ1v) is 11.7. The second kappa shape index (κ2) is 7.96. The number of carbonyl (C=O) groups is 1.